The van der Waals surface area contributed by atoms with Crippen molar-refractivity contribution in [1.29, 1.82) is 0 Å². The molecule has 0 saturated carbocycles. The highest BCUT2D eigenvalue weighted by Crippen LogP contribution is 2.36. The molecule has 1 N–H and O–H groups in total. The number of carboxylic acids is 1. The van der Waals surface area contributed by atoms with E-state index in [0.717, 1.165) is 12.1 Å². The first-order valence-corrected chi connectivity index (χ1v) is 6.09. The van der Waals surface area contributed by atoms with Crippen molar-refractivity contribution in [2.45, 2.75) is 0 Å². The molecule has 1 aromatic carbocycles. The average molecular weight is 319 g/mol. The van der Waals surface area contributed by atoms with Gasteiger partial charge < -0.3 is 9.84 Å². The van der Waals surface area contributed by atoms with E-state index in [9.17, 15) is 19.3 Å². The molecule has 0 aliphatic heterocycles. The highest BCUT2D eigenvalue weighted by molar-refractivity contribution is 7.15. The molecular weight excluding hydrogens is 315 g/mol. The van der Waals surface area contributed by atoms with Crippen LogP contribution in [0.2, 0.25) is 5.15 Å². The molecule has 20 heavy (non-hydrogen) atoms. The molecule has 0 amide bonds. The highest BCUT2D eigenvalue weighted by Gasteiger charge is 2.21. The minimum absolute atomic E-state index is 0.192. The molecule has 0 atom stereocenters. The Labute approximate surface area is 119 Å². The highest BCUT2D eigenvalue weighted by atomic mass is 35.5. The normalized spacial score (nSPS) is 10.3. The van der Waals surface area contributed by atoms with Crippen LogP contribution in [-0.4, -0.2) is 21.0 Å². The number of nitro groups is 1. The van der Waals surface area contributed by atoms with Crippen LogP contribution in [0, 0.1) is 15.9 Å². The molecule has 0 aliphatic carbocycles. The molecule has 0 fully saturated rings. The van der Waals surface area contributed by atoms with Gasteiger partial charge in [0.15, 0.2) is 10.0 Å². The number of halogens is 2. The molecule has 0 saturated heterocycles. The lowest BCUT2D eigenvalue weighted by Gasteiger charge is -2.02. The third kappa shape index (κ3) is 2.83. The summed E-state index contributed by atoms with van der Waals surface area (Å²) in [5, 5.41) is 19.1. The molecule has 0 bridgehead atoms. The first-order valence-electron chi connectivity index (χ1n) is 4.90. The number of carboxylic acid groups (broad SMARTS) is 1. The number of rotatable bonds is 4. The summed E-state index contributed by atoms with van der Waals surface area (Å²) in [4.78, 5) is 24.1. The number of aromatic carboxylic acids is 1. The topological polar surface area (TPSA) is 103 Å². The van der Waals surface area contributed by atoms with Gasteiger partial charge in [-0.25, -0.2) is 9.18 Å². The maximum absolute atomic E-state index is 12.9. The molecule has 7 nitrogen and oxygen atoms in total. The smallest absolute Gasteiger partial charge is 0.349 e. The number of hydrogen-bond acceptors (Lipinski definition) is 6. The van der Waals surface area contributed by atoms with E-state index >= 15 is 0 Å². The fraction of sp³-hybridized carbons (Fsp3) is 0. The number of benzene rings is 1. The number of thiazole rings is 1. The van der Waals surface area contributed by atoms with Gasteiger partial charge >= 0.3 is 11.7 Å². The zero-order valence-corrected chi connectivity index (χ0v) is 10.9. The van der Waals surface area contributed by atoms with E-state index in [1.807, 2.05) is 0 Å². The number of carbonyl (C=O) groups is 1. The van der Waals surface area contributed by atoms with E-state index in [-0.39, 0.29) is 21.0 Å². The van der Waals surface area contributed by atoms with Crippen LogP contribution in [0.1, 0.15) is 9.67 Å². The van der Waals surface area contributed by atoms with Crippen LogP contribution in [0.25, 0.3) is 0 Å². The van der Waals surface area contributed by atoms with Crippen LogP contribution in [-0.2, 0) is 0 Å². The van der Waals surface area contributed by atoms with Gasteiger partial charge in [0.1, 0.15) is 5.82 Å². The summed E-state index contributed by atoms with van der Waals surface area (Å²) in [6.45, 7) is 0. The molecule has 0 spiro atoms. The van der Waals surface area contributed by atoms with Crippen molar-refractivity contribution < 1.29 is 24.0 Å². The van der Waals surface area contributed by atoms with Gasteiger partial charge in [0, 0.05) is 0 Å². The lowest BCUT2D eigenvalue weighted by molar-refractivity contribution is -0.385. The Bertz CT molecular complexity index is 705. The first-order chi connectivity index (χ1) is 9.38. The zero-order chi connectivity index (χ0) is 14.9. The van der Waals surface area contributed by atoms with Crippen molar-refractivity contribution >= 4 is 34.6 Å². The quantitative estimate of drug-likeness (QED) is 0.685. The van der Waals surface area contributed by atoms with E-state index < -0.39 is 22.4 Å². The van der Waals surface area contributed by atoms with Crippen molar-refractivity contribution in [3.8, 4) is 10.9 Å². The van der Waals surface area contributed by atoms with Crippen molar-refractivity contribution in [3.63, 3.8) is 0 Å². The molecule has 2 rings (SSSR count). The molecule has 10 heteroatoms. The molecule has 1 heterocycles. The second kappa shape index (κ2) is 5.39. The zero-order valence-electron chi connectivity index (χ0n) is 9.37. The van der Waals surface area contributed by atoms with E-state index in [1.54, 1.807) is 0 Å². The standard InChI is InChI=1S/C10H4ClFN2O5S/c11-8-7(9(15)16)20-10(13-8)19-6-2-1-4(12)3-5(6)14(17)18/h1-3H,(H,15,16). The van der Waals surface area contributed by atoms with Gasteiger partial charge in [-0.15, -0.1) is 0 Å². The summed E-state index contributed by atoms with van der Waals surface area (Å²) in [6, 6.07) is 2.70. The molecule has 104 valence electrons. The van der Waals surface area contributed by atoms with Gasteiger partial charge in [0.2, 0.25) is 5.75 Å². The summed E-state index contributed by atoms with van der Waals surface area (Å²) in [7, 11) is 0. The Kier molecular flexibility index (Phi) is 3.81. The van der Waals surface area contributed by atoms with Crippen molar-refractivity contribution in [2.75, 3.05) is 0 Å². The first kappa shape index (κ1) is 14.2. The number of nitro benzene ring substituents is 1. The Morgan fingerprint density at radius 2 is 2.25 bits per heavy atom. The summed E-state index contributed by atoms with van der Waals surface area (Å²) in [6.07, 6.45) is 0. The molecule has 0 radical (unpaired) electrons. The summed E-state index contributed by atoms with van der Waals surface area (Å²) < 4.78 is 18.0. The van der Waals surface area contributed by atoms with Crippen LogP contribution in [0.3, 0.4) is 0 Å². The van der Waals surface area contributed by atoms with Crippen molar-refractivity contribution in [3.05, 3.63) is 44.2 Å². The molecule has 1 aromatic heterocycles. The third-order valence-electron chi connectivity index (χ3n) is 2.08. The van der Waals surface area contributed by atoms with Crippen molar-refractivity contribution in [1.82, 2.24) is 4.98 Å². The maximum atomic E-state index is 12.9. The summed E-state index contributed by atoms with van der Waals surface area (Å²) in [5.74, 6) is -2.36. The van der Waals surface area contributed by atoms with Gasteiger partial charge in [-0.05, 0) is 12.1 Å². The van der Waals surface area contributed by atoms with Crippen LogP contribution >= 0.6 is 22.9 Å². The van der Waals surface area contributed by atoms with Gasteiger partial charge in [0.05, 0.1) is 11.0 Å². The van der Waals surface area contributed by atoms with Gasteiger partial charge in [-0.3, -0.25) is 10.1 Å². The molecular formula is C10H4ClFN2O5S. The molecule has 0 aliphatic rings. The average Bonchev–Trinajstić information content (AvgIpc) is 2.72. The molecule has 0 unspecified atom stereocenters. The Morgan fingerprint density at radius 1 is 1.55 bits per heavy atom. The van der Waals surface area contributed by atoms with Gasteiger partial charge in [0.25, 0.3) is 5.19 Å². The monoisotopic (exact) mass is 318 g/mol. The Morgan fingerprint density at radius 3 is 2.80 bits per heavy atom. The number of hydrogen-bond donors (Lipinski definition) is 1. The van der Waals surface area contributed by atoms with E-state index in [0.29, 0.717) is 17.4 Å². The second-order valence-electron chi connectivity index (χ2n) is 3.38. The lowest BCUT2D eigenvalue weighted by atomic mass is 10.3. The van der Waals surface area contributed by atoms with Crippen LogP contribution < -0.4 is 4.74 Å². The predicted octanol–water partition coefficient (Wildman–Crippen LogP) is 3.33. The lowest BCUT2D eigenvalue weighted by Crippen LogP contribution is -1.94. The van der Waals surface area contributed by atoms with Gasteiger partial charge in [-0.2, -0.15) is 4.98 Å². The minimum atomic E-state index is -1.30. The Hall–Kier alpha value is -2.26. The van der Waals surface area contributed by atoms with Crippen LogP contribution in [0.4, 0.5) is 10.1 Å². The number of nitrogens with zero attached hydrogens (tertiary/aromatic N) is 2. The fourth-order valence-electron chi connectivity index (χ4n) is 1.27. The largest absolute Gasteiger partial charge is 0.477 e. The third-order valence-corrected chi connectivity index (χ3v) is 3.38. The Balaban J connectivity index is 2.37. The SMILES string of the molecule is O=C(O)c1sc(Oc2ccc(F)cc2[N+](=O)[O-])nc1Cl. The van der Waals surface area contributed by atoms with E-state index in [1.165, 1.54) is 0 Å². The minimum Gasteiger partial charge on any atom is -0.477 e. The maximum Gasteiger partial charge on any atom is 0.349 e. The summed E-state index contributed by atoms with van der Waals surface area (Å²) >= 11 is 6.18. The number of ether oxygens (including phenoxy) is 1. The van der Waals surface area contributed by atoms with Crippen molar-refractivity contribution in [2.24, 2.45) is 0 Å². The van der Waals surface area contributed by atoms with E-state index in [4.69, 9.17) is 21.4 Å². The van der Waals surface area contributed by atoms with Crippen LogP contribution in [0.15, 0.2) is 18.2 Å². The van der Waals surface area contributed by atoms with Crippen LogP contribution in [0.5, 0.6) is 10.9 Å². The van der Waals surface area contributed by atoms with E-state index in [2.05, 4.69) is 4.98 Å². The van der Waals surface area contributed by atoms with Gasteiger partial charge in [-0.1, -0.05) is 22.9 Å². The summed E-state index contributed by atoms with van der Waals surface area (Å²) in [5.41, 5.74) is -0.604. The second-order valence-corrected chi connectivity index (χ2v) is 4.70. The molecule has 2 aromatic rings. The fourth-order valence-corrected chi connectivity index (χ4v) is 2.26. The number of aromatic nitrogens is 1. The predicted molar refractivity (Wildman–Crippen MR) is 67.2 cm³/mol.